The van der Waals surface area contributed by atoms with E-state index in [4.69, 9.17) is 5.73 Å². The number of carbonyl (C=O) groups is 1. The number of benzene rings is 1. The second-order valence-corrected chi connectivity index (χ2v) is 4.36. The molecule has 1 aromatic rings. The number of amides is 1. The van der Waals surface area contributed by atoms with Crippen molar-refractivity contribution in [3.05, 3.63) is 29.3 Å². The van der Waals surface area contributed by atoms with Crippen molar-refractivity contribution in [3.63, 3.8) is 0 Å². The van der Waals surface area contributed by atoms with E-state index in [0.29, 0.717) is 5.56 Å². The number of nitrogens with two attached hydrogens (primary N) is 1. The van der Waals surface area contributed by atoms with Gasteiger partial charge in [0.15, 0.2) is 0 Å². The lowest BCUT2D eigenvalue weighted by Gasteiger charge is -2.16. The molecule has 0 aromatic heterocycles. The zero-order valence-electron chi connectivity index (χ0n) is 8.42. The minimum atomic E-state index is -0.376. The van der Waals surface area contributed by atoms with E-state index < -0.39 is 0 Å². The van der Waals surface area contributed by atoms with Crippen LogP contribution in [0.4, 0.5) is 5.69 Å². The van der Waals surface area contributed by atoms with E-state index in [9.17, 15) is 4.79 Å². The van der Waals surface area contributed by atoms with Gasteiger partial charge in [-0.05, 0) is 17.7 Å². The van der Waals surface area contributed by atoms with Crippen LogP contribution in [-0.4, -0.2) is 12.5 Å². The van der Waals surface area contributed by atoms with E-state index in [1.54, 1.807) is 6.07 Å². The summed E-state index contributed by atoms with van der Waals surface area (Å²) < 4.78 is 0. The second kappa shape index (κ2) is 2.74. The zero-order chi connectivity index (χ0) is 10.3. The minimum Gasteiger partial charge on any atom is -0.384 e. The van der Waals surface area contributed by atoms with Crippen molar-refractivity contribution in [1.82, 2.24) is 0 Å². The van der Waals surface area contributed by atoms with Crippen molar-refractivity contribution >= 4 is 11.6 Å². The number of nitrogens with one attached hydrogen (secondary N) is 1. The molecule has 0 unspecified atom stereocenters. The van der Waals surface area contributed by atoms with E-state index >= 15 is 0 Å². The van der Waals surface area contributed by atoms with E-state index in [0.717, 1.165) is 12.2 Å². The van der Waals surface area contributed by atoms with Crippen LogP contribution in [0.1, 0.15) is 29.8 Å². The van der Waals surface area contributed by atoms with Crippen LogP contribution in [-0.2, 0) is 5.41 Å². The molecule has 1 aromatic carbocycles. The van der Waals surface area contributed by atoms with Gasteiger partial charge in [-0.15, -0.1) is 0 Å². The molecule has 1 amide bonds. The van der Waals surface area contributed by atoms with E-state index in [1.165, 1.54) is 5.56 Å². The second-order valence-electron chi connectivity index (χ2n) is 4.36. The highest BCUT2D eigenvalue weighted by Gasteiger charge is 2.29. The lowest BCUT2D eigenvalue weighted by Crippen LogP contribution is -2.18. The van der Waals surface area contributed by atoms with Crippen LogP contribution in [0.25, 0.3) is 0 Å². The van der Waals surface area contributed by atoms with Gasteiger partial charge in [0.05, 0.1) is 0 Å². The number of rotatable bonds is 1. The molecule has 0 saturated heterocycles. The third kappa shape index (κ3) is 1.25. The Morgan fingerprint density at radius 1 is 1.50 bits per heavy atom. The van der Waals surface area contributed by atoms with Gasteiger partial charge in [-0.25, -0.2) is 0 Å². The predicted octanol–water partition coefficient (Wildman–Crippen LogP) is 1.49. The number of hydrogen-bond acceptors (Lipinski definition) is 2. The maximum absolute atomic E-state index is 11.0. The Balaban J connectivity index is 2.49. The molecule has 0 radical (unpaired) electrons. The van der Waals surface area contributed by atoms with Crippen LogP contribution in [0.2, 0.25) is 0 Å². The molecule has 14 heavy (non-hydrogen) atoms. The average Bonchev–Trinajstić information content (AvgIpc) is 2.42. The number of anilines is 1. The topological polar surface area (TPSA) is 55.1 Å². The monoisotopic (exact) mass is 190 g/mol. The van der Waals surface area contributed by atoms with Crippen LogP contribution in [0.3, 0.4) is 0 Å². The molecule has 74 valence electrons. The molecule has 3 heteroatoms. The molecule has 1 aliphatic heterocycles. The molecule has 0 spiro atoms. The Hall–Kier alpha value is -1.51. The van der Waals surface area contributed by atoms with Gasteiger partial charge in [0.1, 0.15) is 0 Å². The summed E-state index contributed by atoms with van der Waals surface area (Å²) in [5, 5.41) is 3.28. The molecule has 3 nitrogen and oxygen atoms in total. The molecule has 0 atom stereocenters. The molecule has 3 N–H and O–H groups in total. The predicted molar refractivity (Wildman–Crippen MR) is 56.5 cm³/mol. The minimum absolute atomic E-state index is 0.144. The Morgan fingerprint density at radius 2 is 2.21 bits per heavy atom. The zero-order valence-corrected chi connectivity index (χ0v) is 8.42. The Bertz CT molecular complexity index is 396. The van der Waals surface area contributed by atoms with Gasteiger partial charge < -0.3 is 11.1 Å². The third-order valence-corrected chi connectivity index (χ3v) is 2.75. The molecule has 0 bridgehead atoms. The molecule has 1 aliphatic rings. The summed E-state index contributed by atoms with van der Waals surface area (Å²) in [6.07, 6.45) is 0. The first-order valence-corrected chi connectivity index (χ1v) is 4.69. The summed E-state index contributed by atoms with van der Waals surface area (Å²) in [5.74, 6) is -0.376. The summed E-state index contributed by atoms with van der Waals surface area (Å²) >= 11 is 0. The van der Waals surface area contributed by atoms with Crippen LogP contribution in [0.15, 0.2) is 18.2 Å². The van der Waals surface area contributed by atoms with Gasteiger partial charge >= 0.3 is 0 Å². The largest absolute Gasteiger partial charge is 0.384 e. The Kier molecular flexibility index (Phi) is 1.77. The normalized spacial score (nSPS) is 17.3. The van der Waals surface area contributed by atoms with Crippen molar-refractivity contribution in [1.29, 1.82) is 0 Å². The van der Waals surface area contributed by atoms with Crippen LogP contribution in [0, 0.1) is 0 Å². The summed E-state index contributed by atoms with van der Waals surface area (Å²) in [4.78, 5) is 11.0. The standard InChI is InChI=1S/C11H14N2O/c1-11(2)6-13-9-5-7(10(12)14)3-4-8(9)11/h3-5,13H,6H2,1-2H3,(H2,12,14). The number of fused-ring (bicyclic) bond motifs is 1. The van der Waals surface area contributed by atoms with Crippen molar-refractivity contribution < 1.29 is 4.79 Å². The van der Waals surface area contributed by atoms with Gasteiger partial charge in [-0.1, -0.05) is 19.9 Å². The summed E-state index contributed by atoms with van der Waals surface area (Å²) in [6.45, 7) is 5.26. The van der Waals surface area contributed by atoms with Crippen molar-refractivity contribution in [2.75, 3.05) is 11.9 Å². The van der Waals surface area contributed by atoms with Crippen LogP contribution in [0.5, 0.6) is 0 Å². The van der Waals surface area contributed by atoms with Crippen molar-refractivity contribution in [3.8, 4) is 0 Å². The average molecular weight is 190 g/mol. The quantitative estimate of drug-likeness (QED) is 0.705. The summed E-state index contributed by atoms with van der Waals surface area (Å²) in [5.41, 5.74) is 8.20. The fourth-order valence-electron chi connectivity index (χ4n) is 1.85. The lowest BCUT2D eigenvalue weighted by atomic mass is 9.86. The molecule has 0 aliphatic carbocycles. The molecule has 2 rings (SSSR count). The molecular formula is C11H14N2O. The van der Waals surface area contributed by atoms with E-state index in [-0.39, 0.29) is 11.3 Å². The Morgan fingerprint density at radius 3 is 2.86 bits per heavy atom. The highest BCUT2D eigenvalue weighted by Crippen LogP contribution is 2.36. The summed E-state index contributed by atoms with van der Waals surface area (Å²) in [6, 6.07) is 5.60. The number of hydrogen-bond donors (Lipinski definition) is 2. The lowest BCUT2D eigenvalue weighted by molar-refractivity contribution is 0.100. The van der Waals surface area contributed by atoms with Crippen molar-refractivity contribution in [2.24, 2.45) is 5.73 Å². The number of carbonyl (C=O) groups excluding carboxylic acids is 1. The molecular weight excluding hydrogens is 176 g/mol. The first-order valence-electron chi connectivity index (χ1n) is 4.69. The van der Waals surface area contributed by atoms with Gasteiger partial charge in [-0.2, -0.15) is 0 Å². The van der Waals surface area contributed by atoms with Crippen molar-refractivity contribution in [2.45, 2.75) is 19.3 Å². The van der Waals surface area contributed by atoms with Gasteiger partial charge in [0, 0.05) is 23.2 Å². The third-order valence-electron chi connectivity index (χ3n) is 2.75. The first-order chi connectivity index (χ1) is 6.50. The molecule has 0 saturated carbocycles. The van der Waals surface area contributed by atoms with E-state index in [1.807, 2.05) is 12.1 Å². The highest BCUT2D eigenvalue weighted by atomic mass is 16.1. The SMILES string of the molecule is CC1(C)CNc2cc(C(N)=O)ccc21. The van der Waals surface area contributed by atoms with E-state index in [2.05, 4.69) is 19.2 Å². The fourth-order valence-corrected chi connectivity index (χ4v) is 1.85. The smallest absolute Gasteiger partial charge is 0.248 e. The van der Waals surface area contributed by atoms with Gasteiger partial charge in [-0.3, -0.25) is 4.79 Å². The van der Waals surface area contributed by atoms with Crippen LogP contribution < -0.4 is 11.1 Å². The summed E-state index contributed by atoms with van der Waals surface area (Å²) in [7, 11) is 0. The van der Waals surface area contributed by atoms with Crippen LogP contribution >= 0.6 is 0 Å². The first kappa shape index (κ1) is 9.06. The van der Waals surface area contributed by atoms with Gasteiger partial charge in [0.25, 0.3) is 0 Å². The molecule has 0 fully saturated rings. The Labute approximate surface area is 83.3 Å². The highest BCUT2D eigenvalue weighted by molar-refractivity contribution is 5.94. The molecule has 1 heterocycles. The maximum atomic E-state index is 11.0. The fraction of sp³-hybridized carbons (Fsp3) is 0.364. The number of primary amides is 1. The van der Waals surface area contributed by atoms with Gasteiger partial charge in [0.2, 0.25) is 5.91 Å². The maximum Gasteiger partial charge on any atom is 0.248 e.